The zero-order valence-electron chi connectivity index (χ0n) is 12.8. The highest BCUT2D eigenvalue weighted by atomic mass is 32.2. The van der Waals surface area contributed by atoms with Crippen molar-refractivity contribution in [1.82, 2.24) is 10.3 Å². The first kappa shape index (κ1) is 13.9. The molecular weight excluding hydrogens is 322 g/mol. The first-order valence-corrected chi connectivity index (χ1v) is 8.89. The van der Waals surface area contributed by atoms with Gasteiger partial charge in [-0.05, 0) is 11.6 Å². The largest absolute Gasteiger partial charge is 0.440 e. The zero-order chi connectivity index (χ0) is 16.1. The van der Waals surface area contributed by atoms with Gasteiger partial charge in [-0.15, -0.1) is 0 Å². The van der Waals surface area contributed by atoms with Crippen molar-refractivity contribution >= 4 is 23.4 Å². The van der Waals surface area contributed by atoms with Gasteiger partial charge in [-0.2, -0.15) is 5.10 Å². The van der Waals surface area contributed by atoms with Gasteiger partial charge < -0.3 is 4.74 Å². The van der Waals surface area contributed by atoms with E-state index < -0.39 is 5.18 Å². The third-order valence-electron chi connectivity index (χ3n) is 4.54. The van der Waals surface area contributed by atoms with Gasteiger partial charge in [0.25, 0.3) is 0 Å². The van der Waals surface area contributed by atoms with Gasteiger partial charge in [0.1, 0.15) is 5.75 Å². The number of nitrogens with one attached hydrogen (secondary N) is 1. The van der Waals surface area contributed by atoms with Crippen molar-refractivity contribution in [3.63, 3.8) is 0 Å². The van der Waals surface area contributed by atoms with E-state index in [9.17, 15) is 4.79 Å². The molecule has 0 aromatic heterocycles. The smallest absolute Gasteiger partial charge is 0.332 e. The first-order chi connectivity index (χ1) is 11.8. The molecule has 1 N–H and O–H groups in total. The fourth-order valence-electron chi connectivity index (χ4n) is 3.46. The number of benzene rings is 2. The number of thioether (sulfide) groups is 1. The molecule has 1 fully saturated rings. The maximum absolute atomic E-state index is 11.9. The van der Waals surface area contributed by atoms with Gasteiger partial charge in [-0.1, -0.05) is 60.3 Å². The summed E-state index contributed by atoms with van der Waals surface area (Å²) >= 11 is 1.45. The van der Waals surface area contributed by atoms with E-state index in [2.05, 4.69) is 23.5 Å². The maximum Gasteiger partial charge on any atom is 0.332 e. The molecule has 0 saturated carbocycles. The molecule has 0 unspecified atom stereocenters. The van der Waals surface area contributed by atoms with Crippen LogP contribution in [0.4, 0.5) is 0 Å². The number of hydrogen-bond acceptors (Lipinski definition) is 5. The molecule has 1 amide bonds. The summed E-state index contributed by atoms with van der Waals surface area (Å²) in [6, 6.07) is 18.2. The van der Waals surface area contributed by atoms with Gasteiger partial charge in [0, 0.05) is 12.0 Å². The number of amides is 1. The maximum atomic E-state index is 11.9. The number of nitrogens with zero attached hydrogens (tertiary/aromatic N) is 2. The fraction of sp³-hybridized carbons (Fsp3) is 0.222. The predicted molar refractivity (Wildman–Crippen MR) is 92.6 cm³/mol. The van der Waals surface area contributed by atoms with Crippen molar-refractivity contribution in [3.8, 4) is 5.75 Å². The van der Waals surface area contributed by atoms with Crippen LogP contribution in [0.2, 0.25) is 0 Å². The Morgan fingerprint density at radius 2 is 1.96 bits per heavy atom. The summed E-state index contributed by atoms with van der Waals surface area (Å²) < 4.78 is 6.20. The number of hydrazone groups is 1. The average Bonchev–Trinajstić information content (AvgIpc) is 3.22. The van der Waals surface area contributed by atoms with E-state index in [0.717, 1.165) is 29.0 Å². The molecule has 120 valence electrons. The van der Waals surface area contributed by atoms with Crippen LogP contribution in [0.3, 0.4) is 0 Å². The summed E-state index contributed by atoms with van der Waals surface area (Å²) in [4.78, 5) is 11.9. The van der Waals surface area contributed by atoms with E-state index in [0.29, 0.717) is 5.75 Å². The standard InChI is InChI=1S/C18H15N3O2S/c22-17-11-24-18(19-17)21-15(13-8-4-5-9-16(13)23-18)10-14(20-21)12-6-2-1-3-7-12/h1-9,15H,10-11H2,(H,19,22)/t15-,18-/m1/s1. The van der Waals surface area contributed by atoms with Crippen LogP contribution in [-0.4, -0.2) is 27.6 Å². The summed E-state index contributed by atoms with van der Waals surface area (Å²) in [5, 5.41) is 8.80. The molecule has 24 heavy (non-hydrogen) atoms. The van der Waals surface area contributed by atoms with Crippen LogP contribution in [0.5, 0.6) is 5.75 Å². The Balaban J connectivity index is 1.62. The molecule has 5 rings (SSSR count). The summed E-state index contributed by atoms with van der Waals surface area (Å²) in [6.07, 6.45) is 0.794. The Morgan fingerprint density at radius 1 is 1.17 bits per heavy atom. The van der Waals surface area contributed by atoms with Crippen molar-refractivity contribution in [2.75, 3.05) is 5.75 Å². The molecular formula is C18H15N3O2S. The van der Waals surface area contributed by atoms with Gasteiger partial charge in [0.15, 0.2) is 0 Å². The van der Waals surface area contributed by atoms with Crippen molar-refractivity contribution < 1.29 is 9.53 Å². The van der Waals surface area contributed by atoms with Crippen LogP contribution in [0.1, 0.15) is 23.6 Å². The van der Waals surface area contributed by atoms with Gasteiger partial charge in [-0.3, -0.25) is 10.1 Å². The normalized spacial score (nSPS) is 27.3. The minimum Gasteiger partial charge on any atom is -0.440 e. The first-order valence-electron chi connectivity index (χ1n) is 7.90. The van der Waals surface area contributed by atoms with Crippen molar-refractivity contribution in [2.24, 2.45) is 5.10 Å². The van der Waals surface area contributed by atoms with E-state index >= 15 is 0 Å². The summed E-state index contributed by atoms with van der Waals surface area (Å²) in [6.45, 7) is 0. The molecule has 0 radical (unpaired) electrons. The topological polar surface area (TPSA) is 53.9 Å². The second-order valence-corrected chi connectivity index (χ2v) is 7.17. The van der Waals surface area contributed by atoms with Crippen molar-refractivity contribution in [2.45, 2.75) is 17.6 Å². The molecule has 2 aromatic carbocycles. The molecule has 5 nitrogen and oxygen atoms in total. The minimum atomic E-state index is -0.938. The van der Waals surface area contributed by atoms with E-state index in [1.807, 2.05) is 41.4 Å². The summed E-state index contributed by atoms with van der Waals surface area (Å²) in [7, 11) is 0. The number of para-hydroxylation sites is 1. The van der Waals surface area contributed by atoms with Crippen LogP contribution >= 0.6 is 11.8 Å². The third kappa shape index (κ3) is 1.96. The van der Waals surface area contributed by atoms with Crippen molar-refractivity contribution in [3.05, 3.63) is 65.7 Å². The summed E-state index contributed by atoms with van der Waals surface area (Å²) in [5.41, 5.74) is 3.23. The number of hydrogen-bond donors (Lipinski definition) is 1. The monoisotopic (exact) mass is 337 g/mol. The fourth-order valence-corrected chi connectivity index (χ4v) is 4.50. The summed E-state index contributed by atoms with van der Waals surface area (Å²) in [5.74, 6) is 1.17. The lowest BCUT2D eigenvalue weighted by Crippen LogP contribution is -2.58. The quantitative estimate of drug-likeness (QED) is 0.869. The molecule has 1 saturated heterocycles. The van der Waals surface area contributed by atoms with Gasteiger partial charge in [-0.25, -0.2) is 5.01 Å². The van der Waals surface area contributed by atoms with Gasteiger partial charge in [0.05, 0.1) is 17.5 Å². The molecule has 0 aliphatic carbocycles. The second-order valence-electron chi connectivity index (χ2n) is 6.04. The zero-order valence-corrected chi connectivity index (χ0v) is 13.6. The molecule has 3 aliphatic heterocycles. The Kier molecular flexibility index (Phi) is 2.91. The number of rotatable bonds is 1. The second kappa shape index (κ2) is 5.01. The van der Waals surface area contributed by atoms with E-state index in [-0.39, 0.29) is 11.9 Å². The molecule has 3 aliphatic rings. The molecule has 1 spiro atoms. The van der Waals surface area contributed by atoms with Crippen LogP contribution in [-0.2, 0) is 4.79 Å². The molecule has 2 aromatic rings. The highest BCUT2D eigenvalue weighted by Gasteiger charge is 2.55. The van der Waals surface area contributed by atoms with Crippen LogP contribution in [0.25, 0.3) is 0 Å². The van der Waals surface area contributed by atoms with Crippen LogP contribution in [0.15, 0.2) is 59.7 Å². The van der Waals surface area contributed by atoms with Crippen molar-refractivity contribution in [1.29, 1.82) is 0 Å². The minimum absolute atomic E-state index is 0.0264. The molecule has 6 heteroatoms. The highest BCUT2D eigenvalue weighted by Crippen LogP contribution is 2.50. The molecule has 3 heterocycles. The lowest BCUT2D eigenvalue weighted by atomic mass is 9.97. The number of carbonyl (C=O) groups excluding carboxylic acids is 1. The lowest BCUT2D eigenvalue weighted by Gasteiger charge is -2.43. The Bertz CT molecular complexity index is 854. The Morgan fingerprint density at radius 3 is 2.75 bits per heavy atom. The SMILES string of the molecule is O=C1CS[C@@]2(N1)Oc1ccccc1[C@H]1CC(c3ccccc3)=NN12. The number of ether oxygens (including phenoxy) is 1. The Hall–Kier alpha value is -2.47. The van der Waals surface area contributed by atoms with Crippen LogP contribution < -0.4 is 10.1 Å². The third-order valence-corrected chi connectivity index (χ3v) is 5.71. The predicted octanol–water partition coefficient (Wildman–Crippen LogP) is 2.70. The molecule has 2 atom stereocenters. The van der Waals surface area contributed by atoms with E-state index in [1.165, 1.54) is 11.8 Å². The van der Waals surface area contributed by atoms with E-state index in [1.54, 1.807) is 0 Å². The average molecular weight is 337 g/mol. The highest BCUT2D eigenvalue weighted by molar-refractivity contribution is 8.01. The van der Waals surface area contributed by atoms with E-state index in [4.69, 9.17) is 9.84 Å². The van der Waals surface area contributed by atoms with Gasteiger partial charge in [0.2, 0.25) is 5.91 Å². The Labute approximate surface area is 143 Å². The number of carbonyl (C=O) groups is 1. The van der Waals surface area contributed by atoms with Crippen LogP contribution in [0, 0.1) is 0 Å². The number of fused-ring (bicyclic) bond motifs is 4. The molecule has 0 bridgehead atoms. The van der Waals surface area contributed by atoms with Gasteiger partial charge >= 0.3 is 5.18 Å². The lowest BCUT2D eigenvalue weighted by molar-refractivity contribution is -0.128.